The van der Waals surface area contributed by atoms with Gasteiger partial charge >= 0.3 is 5.97 Å². The van der Waals surface area contributed by atoms with Crippen molar-refractivity contribution in [3.63, 3.8) is 0 Å². The lowest BCUT2D eigenvalue weighted by molar-refractivity contribution is -0.129. The first kappa shape index (κ1) is 35.8. The predicted octanol–water partition coefficient (Wildman–Crippen LogP) is 7.70. The number of para-hydroxylation sites is 1. The Hall–Kier alpha value is -3.25. The summed E-state index contributed by atoms with van der Waals surface area (Å²) in [7, 11) is 3.65. The fraction of sp³-hybridized carbons (Fsp3) is 0.485. The van der Waals surface area contributed by atoms with Crippen LogP contribution in [-0.2, 0) is 16.0 Å². The van der Waals surface area contributed by atoms with Gasteiger partial charge in [-0.15, -0.1) is 0 Å². The lowest BCUT2D eigenvalue weighted by atomic mass is 10.0. The highest BCUT2D eigenvalue weighted by Gasteiger charge is 2.23. The van der Waals surface area contributed by atoms with Crippen molar-refractivity contribution in [3.8, 4) is 5.75 Å². The van der Waals surface area contributed by atoms with Crippen LogP contribution < -0.4 is 4.74 Å². The summed E-state index contributed by atoms with van der Waals surface area (Å²) in [4.78, 5) is 29.3. The molecule has 1 unspecified atom stereocenters. The second kappa shape index (κ2) is 18.9. The highest BCUT2D eigenvalue weighted by atomic mass is 16.5. The monoisotopic (exact) mass is 538 g/mol. The maximum atomic E-state index is 11.7. The van der Waals surface area contributed by atoms with Crippen LogP contribution in [0.5, 0.6) is 5.75 Å². The third-order valence-corrected chi connectivity index (χ3v) is 6.35. The van der Waals surface area contributed by atoms with E-state index >= 15 is 0 Å². The van der Waals surface area contributed by atoms with E-state index in [0.29, 0.717) is 12.2 Å². The molecule has 1 heterocycles. The number of rotatable bonds is 9. The number of hydrogen-bond donors (Lipinski definition) is 1. The SMILES string of the molecule is CC.CCC(=O)C1C(C)=CC(C)=CCN1C.CCC(C)=CC(=N/C=C(\C)c1cccc(CC)c1OC)C(=O)O. The van der Waals surface area contributed by atoms with Crippen molar-refractivity contribution in [3.05, 3.63) is 70.5 Å². The number of allylic oxidation sites excluding steroid dienone is 4. The topological polar surface area (TPSA) is 79.2 Å². The van der Waals surface area contributed by atoms with E-state index in [0.717, 1.165) is 53.0 Å². The maximum absolute atomic E-state index is 11.7. The first-order valence-electron chi connectivity index (χ1n) is 13.9. The summed E-state index contributed by atoms with van der Waals surface area (Å²) in [5.74, 6) is 0.0941. The van der Waals surface area contributed by atoms with Gasteiger partial charge in [-0.3, -0.25) is 9.69 Å². The zero-order chi connectivity index (χ0) is 30.1. The zero-order valence-electron chi connectivity index (χ0n) is 26.0. The molecule has 2 rings (SSSR count). The van der Waals surface area contributed by atoms with Crippen LogP contribution in [0.15, 0.2) is 64.3 Å². The van der Waals surface area contributed by atoms with Crippen molar-refractivity contribution in [1.82, 2.24) is 4.90 Å². The van der Waals surface area contributed by atoms with Gasteiger partial charge in [-0.05, 0) is 70.4 Å². The van der Waals surface area contributed by atoms with Crippen LogP contribution in [0, 0.1) is 0 Å². The number of hydrogen-bond acceptors (Lipinski definition) is 5. The minimum atomic E-state index is -1.03. The number of likely N-dealkylation sites (N-methyl/N-ethyl adjacent to an activating group) is 1. The fourth-order valence-corrected chi connectivity index (χ4v) is 4.07. The molecule has 1 aliphatic heterocycles. The molecular formula is C33H50N2O4. The molecule has 0 spiro atoms. The van der Waals surface area contributed by atoms with E-state index in [9.17, 15) is 14.7 Å². The quantitative estimate of drug-likeness (QED) is 0.326. The standard InChI is InChI=1S/C19H25NO3.C12H19NO.C2H6/c1-6-13(3)11-17(19(21)22)20-12-14(4)16-10-8-9-15(7-2)18(16)23-5;1-5-11(14)12-10(3)8-9(2)6-7-13(12)4;1-2/h8-12H,6-7H2,1-5H3,(H,21,22);6,8,12H,5,7H2,1-4H3;1-2H3/b13-11?,14-12+,20-17?;;. The number of carboxylic acid groups (broad SMARTS) is 1. The molecule has 1 aliphatic rings. The number of aliphatic imine (C=N–C) groups is 1. The van der Waals surface area contributed by atoms with Gasteiger partial charge in [0.25, 0.3) is 0 Å². The number of ketones is 1. The Balaban J connectivity index is 0.000000769. The lowest BCUT2D eigenvalue weighted by Crippen LogP contribution is -2.38. The predicted molar refractivity (Wildman–Crippen MR) is 166 cm³/mol. The van der Waals surface area contributed by atoms with E-state index in [1.165, 1.54) is 5.57 Å². The molecule has 0 bridgehead atoms. The van der Waals surface area contributed by atoms with Crippen LogP contribution in [0.4, 0.5) is 0 Å². The van der Waals surface area contributed by atoms with E-state index in [2.05, 4.69) is 35.9 Å². The van der Waals surface area contributed by atoms with Crippen molar-refractivity contribution < 1.29 is 19.4 Å². The van der Waals surface area contributed by atoms with Gasteiger partial charge in [-0.1, -0.05) is 76.1 Å². The molecular weight excluding hydrogens is 488 g/mol. The molecule has 6 nitrogen and oxygen atoms in total. The number of carbonyl (C=O) groups excluding carboxylic acids is 1. The molecule has 1 aromatic rings. The van der Waals surface area contributed by atoms with Crippen LogP contribution >= 0.6 is 0 Å². The number of aliphatic carboxylic acids is 1. The number of aryl methyl sites for hydroxylation is 1. The van der Waals surface area contributed by atoms with E-state index in [4.69, 9.17) is 4.74 Å². The first-order chi connectivity index (χ1) is 18.5. The zero-order valence-corrected chi connectivity index (χ0v) is 26.0. The normalized spacial score (nSPS) is 16.5. The average Bonchev–Trinajstić information content (AvgIpc) is 3.06. The summed E-state index contributed by atoms with van der Waals surface area (Å²) >= 11 is 0. The van der Waals surface area contributed by atoms with Crippen molar-refractivity contribution in [1.29, 1.82) is 0 Å². The van der Waals surface area contributed by atoms with Gasteiger partial charge in [0, 0.05) is 24.7 Å². The Morgan fingerprint density at radius 2 is 1.77 bits per heavy atom. The van der Waals surface area contributed by atoms with E-state index in [1.807, 2.05) is 73.7 Å². The summed E-state index contributed by atoms with van der Waals surface area (Å²) in [5.41, 5.74) is 6.32. The molecule has 1 N–H and O–H groups in total. The summed E-state index contributed by atoms with van der Waals surface area (Å²) in [6, 6.07) is 5.92. The van der Waals surface area contributed by atoms with Crippen LogP contribution in [0.3, 0.4) is 0 Å². The minimum Gasteiger partial charge on any atom is -0.496 e. The number of Topliss-reactive ketones (excluding diaryl/α,β-unsaturated/α-hetero) is 1. The smallest absolute Gasteiger partial charge is 0.354 e. The Morgan fingerprint density at radius 1 is 1.13 bits per heavy atom. The summed E-state index contributed by atoms with van der Waals surface area (Å²) in [6.45, 7) is 18.7. The van der Waals surface area contributed by atoms with Crippen LogP contribution in [0.2, 0.25) is 0 Å². The Bertz CT molecular complexity index is 1110. The van der Waals surface area contributed by atoms with Crippen LogP contribution in [-0.4, -0.2) is 54.2 Å². The van der Waals surface area contributed by atoms with Crippen molar-refractivity contribution in [2.24, 2.45) is 4.99 Å². The lowest BCUT2D eigenvalue weighted by Gasteiger charge is -2.25. The Morgan fingerprint density at radius 3 is 2.28 bits per heavy atom. The number of nitrogens with zero attached hydrogens (tertiary/aromatic N) is 2. The highest BCUT2D eigenvalue weighted by molar-refractivity contribution is 6.40. The second-order valence-corrected chi connectivity index (χ2v) is 9.33. The van der Waals surface area contributed by atoms with Gasteiger partial charge in [-0.25, -0.2) is 9.79 Å². The minimum absolute atomic E-state index is 0.0197. The fourth-order valence-electron chi connectivity index (χ4n) is 4.07. The highest BCUT2D eigenvalue weighted by Crippen LogP contribution is 2.30. The largest absolute Gasteiger partial charge is 0.496 e. The summed E-state index contributed by atoms with van der Waals surface area (Å²) < 4.78 is 5.51. The van der Waals surface area contributed by atoms with Gasteiger partial charge in [0.15, 0.2) is 5.78 Å². The molecule has 0 saturated carbocycles. The molecule has 0 saturated heterocycles. The number of benzene rings is 1. The molecule has 0 aliphatic carbocycles. The second-order valence-electron chi connectivity index (χ2n) is 9.33. The molecule has 216 valence electrons. The van der Waals surface area contributed by atoms with Gasteiger partial charge in [-0.2, -0.15) is 0 Å². The first-order valence-corrected chi connectivity index (χ1v) is 13.9. The molecule has 39 heavy (non-hydrogen) atoms. The molecule has 0 fully saturated rings. The molecule has 0 radical (unpaired) electrons. The number of ether oxygens (including phenoxy) is 1. The number of methoxy groups -OCH3 is 1. The average molecular weight is 539 g/mol. The van der Waals surface area contributed by atoms with Crippen molar-refractivity contribution in [2.45, 2.75) is 87.6 Å². The molecule has 1 aromatic carbocycles. The van der Waals surface area contributed by atoms with E-state index < -0.39 is 5.97 Å². The van der Waals surface area contributed by atoms with Crippen LogP contribution in [0.25, 0.3) is 5.57 Å². The third-order valence-electron chi connectivity index (χ3n) is 6.35. The Kier molecular flexibility index (Phi) is 17.3. The van der Waals surface area contributed by atoms with E-state index in [-0.39, 0.29) is 11.8 Å². The van der Waals surface area contributed by atoms with Gasteiger partial charge < -0.3 is 9.84 Å². The van der Waals surface area contributed by atoms with Crippen molar-refractivity contribution in [2.75, 3.05) is 20.7 Å². The van der Waals surface area contributed by atoms with Crippen molar-refractivity contribution >= 4 is 23.0 Å². The third kappa shape index (κ3) is 11.6. The van der Waals surface area contributed by atoms with Gasteiger partial charge in [0.2, 0.25) is 0 Å². The number of carbonyl (C=O) groups is 2. The van der Waals surface area contributed by atoms with Gasteiger partial charge in [0.1, 0.15) is 11.5 Å². The molecule has 0 amide bonds. The Labute approximate surface area is 236 Å². The van der Waals surface area contributed by atoms with Gasteiger partial charge in [0.05, 0.1) is 13.2 Å². The molecule has 0 aromatic heterocycles. The molecule has 6 heteroatoms. The summed E-state index contributed by atoms with van der Waals surface area (Å²) in [6.07, 6.45) is 9.73. The van der Waals surface area contributed by atoms with Crippen LogP contribution in [0.1, 0.15) is 86.3 Å². The maximum Gasteiger partial charge on any atom is 0.354 e. The summed E-state index contributed by atoms with van der Waals surface area (Å²) in [5, 5.41) is 9.25. The number of carboxylic acids is 1. The van der Waals surface area contributed by atoms with E-state index in [1.54, 1.807) is 19.4 Å². The molecule has 1 atom stereocenters.